The van der Waals surface area contributed by atoms with Gasteiger partial charge in [-0.25, -0.2) is 0 Å². The highest BCUT2D eigenvalue weighted by atomic mass is 15.1. The van der Waals surface area contributed by atoms with Crippen molar-refractivity contribution in [3.05, 3.63) is 6.92 Å². The summed E-state index contributed by atoms with van der Waals surface area (Å²) < 4.78 is 0. The highest BCUT2D eigenvalue weighted by molar-refractivity contribution is 4.77. The first-order valence-corrected chi connectivity index (χ1v) is 4.51. The molecule has 0 amide bonds. The fourth-order valence-electron chi connectivity index (χ4n) is 1.63. The molecule has 1 atom stereocenters. The third-order valence-electron chi connectivity index (χ3n) is 2.61. The van der Waals surface area contributed by atoms with Crippen LogP contribution in [0.3, 0.4) is 0 Å². The summed E-state index contributed by atoms with van der Waals surface area (Å²) in [5.41, 5.74) is 5.59. The van der Waals surface area contributed by atoms with Crippen molar-refractivity contribution in [3.8, 4) is 0 Å². The van der Waals surface area contributed by atoms with E-state index in [1.165, 1.54) is 25.9 Å². The van der Waals surface area contributed by atoms with Crippen molar-refractivity contribution >= 4 is 0 Å². The summed E-state index contributed by atoms with van der Waals surface area (Å²) in [6.45, 7) is 9.40. The average molecular weight is 155 g/mol. The molecule has 1 unspecified atom stereocenters. The van der Waals surface area contributed by atoms with E-state index in [-0.39, 0.29) is 0 Å². The van der Waals surface area contributed by atoms with Crippen LogP contribution in [0, 0.1) is 12.8 Å². The van der Waals surface area contributed by atoms with Crippen LogP contribution in [-0.4, -0.2) is 30.6 Å². The first-order valence-electron chi connectivity index (χ1n) is 4.51. The van der Waals surface area contributed by atoms with Crippen molar-refractivity contribution < 1.29 is 0 Å². The van der Waals surface area contributed by atoms with Gasteiger partial charge in [-0.15, -0.1) is 0 Å². The van der Waals surface area contributed by atoms with E-state index in [0.717, 1.165) is 12.5 Å². The molecule has 0 bridgehead atoms. The Kier molecular flexibility index (Phi) is 3.34. The van der Waals surface area contributed by atoms with Crippen LogP contribution in [-0.2, 0) is 0 Å². The van der Waals surface area contributed by atoms with Crippen LogP contribution in [0.25, 0.3) is 0 Å². The van der Waals surface area contributed by atoms with E-state index in [2.05, 4.69) is 18.7 Å². The smallest absolute Gasteiger partial charge is 0.00675 e. The van der Waals surface area contributed by atoms with Gasteiger partial charge in [-0.1, -0.05) is 0 Å². The minimum absolute atomic E-state index is 0.466. The van der Waals surface area contributed by atoms with E-state index in [1.807, 2.05) is 0 Å². The Morgan fingerprint density at radius 3 is 2.45 bits per heavy atom. The molecular weight excluding hydrogens is 136 g/mol. The molecule has 65 valence electrons. The lowest BCUT2D eigenvalue weighted by Gasteiger charge is -2.33. The summed E-state index contributed by atoms with van der Waals surface area (Å²) in [7, 11) is 0. The fourth-order valence-corrected chi connectivity index (χ4v) is 1.63. The van der Waals surface area contributed by atoms with Crippen molar-refractivity contribution in [2.24, 2.45) is 11.7 Å². The number of rotatable bonds is 2. The van der Waals surface area contributed by atoms with Gasteiger partial charge in [0, 0.05) is 6.04 Å². The zero-order valence-corrected chi connectivity index (χ0v) is 7.42. The average Bonchev–Trinajstić information content (AvgIpc) is 2.05. The maximum atomic E-state index is 5.59. The van der Waals surface area contributed by atoms with Gasteiger partial charge in [-0.2, -0.15) is 0 Å². The molecule has 0 aromatic rings. The minimum atomic E-state index is 0.466. The van der Waals surface area contributed by atoms with Gasteiger partial charge in [0.1, 0.15) is 0 Å². The van der Waals surface area contributed by atoms with E-state index in [1.54, 1.807) is 0 Å². The monoisotopic (exact) mass is 155 g/mol. The van der Waals surface area contributed by atoms with Gasteiger partial charge in [0.25, 0.3) is 0 Å². The van der Waals surface area contributed by atoms with E-state index in [4.69, 9.17) is 5.73 Å². The molecule has 0 spiro atoms. The van der Waals surface area contributed by atoms with Crippen molar-refractivity contribution in [3.63, 3.8) is 0 Å². The van der Waals surface area contributed by atoms with Crippen molar-refractivity contribution in [2.45, 2.75) is 25.8 Å². The molecule has 1 rings (SSSR count). The quantitative estimate of drug-likeness (QED) is 0.641. The van der Waals surface area contributed by atoms with Crippen molar-refractivity contribution in [2.75, 3.05) is 19.6 Å². The summed E-state index contributed by atoms with van der Waals surface area (Å²) in [5, 5.41) is 0. The predicted molar refractivity (Wildman–Crippen MR) is 48.2 cm³/mol. The standard InChI is InChI=1S/C9H19N2/c1-8(2)11-5-3-9(7-10)4-6-11/h8-9H,1,3-7,10H2,2H3. The SMILES string of the molecule is [CH2]C(C)N1CCC(CN)CC1. The zero-order valence-electron chi connectivity index (χ0n) is 7.42. The fraction of sp³-hybridized carbons (Fsp3) is 0.889. The molecule has 2 N–H and O–H groups in total. The summed E-state index contributed by atoms with van der Waals surface area (Å²) in [5.74, 6) is 0.769. The molecule has 2 nitrogen and oxygen atoms in total. The summed E-state index contributed by atoms with van der Waals surface area (Å²) in [4.78, 5) is 2.42. The van der Waals surface area contributed by atoms with Crippen LogP contribution in [0.1, 0.15) is 19.8 Å². The Bertz CT molecular complexity index is 104. The third kappa shape index (κ3) is 2.46. The second kappa shape index (κ2) is 4.07. The van der Waals surface area contributed by atoms with Gasteiger partial charge in [-0.05, 0) is 52.2 Å². The molecule has 1 fully saturated rings. The molecule has 0 saturated carbocycles. The Labute approximate surface area is 69.8 Å². The minimum Gasteiger partial charge on any atom is -0.330 e. The number of likely N-dealkylation sites (tertiary alicyclic amines) is 1. The molecule has 11 heavy (non-hydrogen) atoms. The van der Waals surface area contributed by atoms with Crippen LogP contribution in [0.5, 0.6) is 0 Å². The van der Waals surface area contributed by atoms with Crippen LogP contribution in [0.2, 0.25) is 0 Å². The third-order valence-corrected chi connectivity index (χ3v) is 2.61. The molecule has 1 aliphatic rings. The maximum absolute atomic E-state index is 5.59. The molecule has 1 heterocycles. The molecule has 1 radical (unpaired) electrons. The number of hydrogen-bond donors (Lipinski definition) is 1. The maximum Gasteiger partial charge on any atom is 0.00675 e. The predicted octanol–water partition coefficient (Wildman–Crippen LogP) is 0.880. The first-order chi connectivity index (χ1) is 5.24. The van der Waals surface area contributed by atoms with Crippen molar-refractivity contribution in [1.82, 2.24) is 4.90 Å². The lowest BCUT2D eigenvalue weighted by molar-refractivity contribution is 0.164. The topological polar surface area (TPSA) is 29.3 Å². The lowest BCUT2D eigenvalue weighted by atomic mass is 9.96. The molecule has 1 aliphatic heterocycles. The van der Waals surface area contributed by atoms with Crippen LogP contribution >= 0.6 is 0 Å². The second-order valence-electron chi connectivity index (χ2n) is 3.56. The molecule has 0 aliphatic carbocycles. The number of piperidine rings is 1. The normalized spacial score (nSPS) is 22.9. The molecule has 0 aromatic heterocycles. The Balaban J connectivity index is 2.24. The van der Waals surface area contributed by atoms with Crippen LogP contribution < -0.4 is 5.73 Å². The number of nitrogens with two attached hydrogens (primary N) is 1. The van der Waals surface area contributed by atoms with Gasteiger partial charge in [-0.3, -0.25) is 0 Å². The van der Waals surface area contributed by atoms with Gasteiger partial charge >= 0.3 is 0 Å². The highest BCUT2D eigenvalue weighted by Gasteiger charge is 2.19. The summed E-state index contributed by atoms with van der Waals surface area (Å²) in [6, 6.07) is 0.466. The van der Waals surface area contributed by atoms with Crippen molar-refractivity contribution in [1.29, 1.82) is 0 Å². The molecule has 1 saturated heterocycles. The van der Waals surface area contributed by atoms with E-state index in [0.29, 0.717) is 6.04 Å². The lowest BCUT2D eigenvalue weighted by Crippen LogP contribution is -2.40. The first kappa shape index (κ1) is 9.01. The van der Waals surface area contributed by atoms with E-state index < -0.39 is 0 Å². The summed E-state index contributed by atoms with van der Waals surface area (Å²) >= 11 is 0. The second-order valence-corrected chi connectivity index (χ2v) is 3.56. The van der Waals surface area contributed by atoms with E-state index >= 15 is 0 Å². The number of nitrogens with zero attached hydrogens (tertiary/aromatic N) is 1. The Morgan fingerprint density at radius 2 is 2.09 bits per heavy atom. The van der Waals surface area contributed by atoms with Gasteiger partial charge in [0.2, 0.25) is 0 Å². The molecular formula is C9H19N2. The zero-order chi connectivity index (χ0) is 8.27. The van der Waals surface area contributed by atoms with Crippen LogP contribution in [0.15, 0.2) is 0 Å². The van der Waals surface area contributed by atoms with Gasteiger partial charge in [0.05, 0.1) is 0 Å². The highest BCUT2D eigenvalue weighted by Crippen LogP contribution is 2.16. The Hall–Kier alpha value is -0.0800. The molecule has 2 heteroatoms. The molecule has 0 aromatic carbocycles. The van der Waals surface area contributed by atoms with Crippen LogP contribution in [0.4, 0.5) is 0 Å². The summed E-state index contributed by atoms with van der Waals surface area (Å²) in [6.07, 6.45) is 2.52. The van der Waals surface area contributed by atoms with E-state index in [9.17, 15) is 0 Å². The van der Waals surface area contributed by atoms with Gasteiger partial charge < -0.3 is 10.6 Å². The largest absolute Gasteiger partial charge is 0.330 e. The van der Waals surface area contributed by atoms with Gasteiger partial charge in [0.15, 0.2) is 0 Å². The number of hydrogen-bond acceptors (Lipinski definition) is 2. The Morgan fingerprint density at radius 1 is 1.55 bits per heavy atom.